The van der Waals surface area contributed by atoms with Crippen molar-refractivity contribution in [2.75, 3.05) is 0 Å². The van der Waals surface area contributed by atoms with Gasteiger partial charge in [0.25, 0.3) is 0 Å². The summed E-state index contributed by atoms with van der Waals surface area (Å²) in [7, 11) is 0. The fourth-order valence-corrected chi connectivity index (χ4v) is 9.92. The molecule has 68 heavy (non-hydrogen) atoms. The Kier molecular flexibility index (Phi) is 9.43. The first-order valence-electron chi connectivity index (χ1n) is 23.0. The van der Waals surface area contributed by atoms with Crippen LogP contribution < -0.4 is 0 Å². The summed E-state index contributed by atoms with van der Waals surface area (Å²) in [6.07, 6.45) is 0. The third-order valence-electron chi connectivity index (χ3n) is 13.2. The van der Waals surface area contributed by atoms with Gasteiger partial charge in [-0.2, -0.15) is 9.97 Å². The van der Waals surface area contributed by atoms with Crippen LogP contribution in [0.15, 0.2) is 249 Å². The number of rotatable bonds is 8. The smallest absolute Gasteiger partial charge is 0.238 e. The molecule has 0 spiro atoms. The maximum Gasteiger partial charge on any atom is 0.238 e. The second-order valence-corrected chi connectivity index (χ2v) is 17.2. The molecule has 0 aliphatic heterocycles. The van der Waals surface area contributed by atoms with Crippen molar-refractivity contribution in [3.63, 3.8) is 0 Å². The molecule has 10 aromatic carbocycles. The lowest BCUT2D eigenvalue weighted by Gasteiger charge is -2.16. The summed E-state index contributed by atoms with van der Waals surface area (Å²) in [6, 6.07) is 88.4. The van der Waals surface area contributed by atoms with Crippen molar-refractivity contribution in [1.82, 2.24) is 24.1 Å². The summed E-state index contributed by atoms with van der Waals surface area (Å²) in [5.74, 6) is 1.79. The van der Waals surface area contributed by atoms with Gasteiger partial charge in [0.1, 0.15) is 0 Å². The molecule has 0 atom stereocenters. The SMILES string of the molecule is c1ccc(-c2ccc(-c3ccc(-c4cc(-c5ccccc5)cc(-n5c6ccccc6c6ccc7c8ccccc8n(-c8nc(-c9ccccc9)nc(-c9ccccc9)n8)c7c65)c4)cc3)cc2)cc1. The largest absolute Gasteiger partial charge is 0.307 e. The van der Waals surface area contributed by atoms with Gasteiger partial charge in [0, 0.05) is 38.4 Å². The Balaban J connectivity index is 1.05. The van der Waals surface area contributed by atoms with E-state index in [0.29, 0.717) is 17.6 Å². The van der Waals surface area contributed by atoms with Crippen LogP contribution in [-0.2, 0) is 0 Å². The fourth-order valence-electron chi connectivity index (χ4n) is 9.92. The van der Waals surface area contributed by atoms with Crippen LogP contribution in [0.4, 0.5) is 0 Å². The van der Waals surface area contributed by atoms with E-state index in [1.807, 2.05) is 36.4 Å². The first-order chi connectivity index (χ1) is 33.7. The molecule has 0 fully saturated rings. The molecule has 0 aliphatic rings. The monoisotopic (exact) mass is 867 g/mol. The van der Waals surface area contributed by atoms with Crippen LogP contribution in [0.2, 0.25) is 0 Å². The second-order valence-electron chi connectivity index (χ2n) is 17.2. The number of aromatic nitrogens is 5. The number of hydrogen-bond donors (Lipinski definition) is 0. The van der Waals surface area contributed by atoms with Crippen LogP contribution in [0, 0.1) is 0 Å². The van der Waals surface area contributed by atoms with Crippen molar-refractivity contribution in [1.29, 1.82) is 0 Å². The van der Waals surface area contributed by atoms with E-state index in [9.17, 15) is 0 Å². The van der Waals surface area contributed by atoms with Gasteiger partial charge in [0.15, 0.2) is 11.6 Å². The van der Waals surface area contributed by atoms with Crippen LogP contribution in [-0.4, -0.2) is 24.1 Å². The van der Waals surface area contributed by atoms with E-state index in [1.165, 1.54) is 27.6 Å². The average Bonchev–Trinajstić information content (AvgIpc) is 3.95. The van der Waals surface area contributed by atoms with E-state index in [4.69, 9.17) is 15.0 Å². The van der Waals surface area contributed by atoms with E-state index in [2.05, 4.69) is 221 Å². The maximum absolute atomic E-state index is 5.32. The van der Waals surface area contributed by atoms with Gasteiger partial charge < -0.3 is 4.57 Å². The Hall–Kier alpha value is -9.19. The van der Waals surface area contributed by atoms with Gasteiger partial charge in [-0.15, -0.1) is 0 Å². The quantitative estimate of drug-likeness (QED) is 0.153. The Morgan fingerprint density at radius 3 is 1.03 bits per heavy atom. The zero-order valence-electron chi connectivity index (χ0n) is 36.9. The maximum atomic E-state index is 5.32. The van der Waals surface area contributed by atoms with Gasteiger partial charge in [0.05, 0.1) is 22.1 Å². The Morgan fingerprint density at radius 1 is 0.235 bits per heavy atom. The zero-order valence-corrected chi connectivity index (χ0v) is 36.9. The van der Waals surface area contributed by atoms with Crippen LogP contribution in [0.1, 0.15) is 0 Å². The van der Waals surface area contributed by atoms with Crippen LogP contribution in [0.5, 0.6) is 0 Å². The summed E-state index contributed by atoms with van der Waals surface area (Å²) in [5, 5.41) is 4.55. The molecule has 0 radical (unpaired) electrons. The van der Waals surface area contributed by atoms with Crippen molar-refractivity contribution >= 4 is 43.6 Å². The van der Waals surface area contributed by atoms with Crippen molar-refractivity contribution in [3.05, 3.63) is 249 Å². The summed E-state index contributed by atoms with van der Waals surface area (Å²) in [5.41, 5.74) is 16.5. The van der Waals surface area contributed by atoms with Crippen molar-refractivity contribution in [2.24, 2.45) is 0 Å². The second kappa shape index (κ2) is 16.4. The molecule has 0 amide bonds. The molecule has 3 aromatic heterocycles. The van der Waals surface area contributed by atoms with E-state index >= 15 is 0 Å². The van der Waals surface area contributed by atoms with Gasteiger partial charge in [0.2, 0.25) is 5.95 Å². The molecule has 0 aliphatic carbocycles. The van der Waals surface area contributed by atoms with Gasteiger partial charge in [-0.25, -0.2) is 4.98 Å². The van der Waals surface area contributed by atoms with Crippen LogP contribution in [0.25, 0.3) is 123 Å². The number of hydrogen-bond acceptors (Lipinski definition) is 3. The molecule has 5 nitrogen and oxygen atoms in total. The molecule has 13 aromatic rings. The van der Waals surface area contributed by atoms with Gasteiger partial charge >= 0.3 is 0 Å². The Labute approximate surface area is 393 Å². The molecular formula is C63H41N5. The van der Waals surface area contributed by atoms with Crippen molar-refractivity contribution in [3.8, 4) is 78.9 Å². The molecule has 0 bridgehead atoms. The summed E-state index contributed by atoms with van der Waals surface area (Å²) < 4.78 is 4.72. The third kappa shape index (κ3) is 6.76. The number of para-hydroxylation sites is 2. The lowest BCUT2D eigenvalue weighted by Crippen LogP contribution is -2.07. The summed E-state index contributed by atoms with van der Waals surface area (Å²) in [4.78, 5) is 15.7. The minimum Gasteiger partial charge on any atom is -0.307 e. The van der Waals surface area contributed by atoms with Gasteiger partial charge in [-0.1, -0.05) is 218 Å². The van der Waals surface area contributed by atoms with Gasteiger partial charge in [-0.3, -0.25) is 4.57 Å². The highest BCUT2D eigenvalue weighted by atomic mass is 15.2. The molecule has 0 N–H and O–H groups in total. The summed E-state index contributed by atoms with van der Waals surface area (Å²) in [6.45, 7) is 0. The molecule has 0 saturated heterocycles. The number of nitrogens with zero attached hydrogens (tertiary/aromatic N) is 5. The third-order valence-corrected chi connectivity index (χ3v) is 13.2. The predicted octanol–water partition coefficient (Wildman–Crippen LogP) is 16.1. The van der Waals surface area contributed by atoms with E-state index in [-0.39, 0.29) is 0 Å². The highest BCUT2D eigenvalue weighted by Gasteiger charge is 2.24. The highest BCUT2D eigenvalue weighted by Crippen LogP contribution is 2.43. The van der Waals surface area contributed by atoms with Crippen molar-refractivity contribution in [2.45, 2.75) is 0 Å². The van der Waals surface area contributed by atoms with Crippen LogP contribution in [0.3, 0.4) is 0 Å². The van der Waals surface area contributed by atoms with E-state index in [0.717, 1.165) is 77.3 Å². The first-order valence-corrected chi connectivity index (χ1v) is 23.0. The zero-order chi connectivity index (χ0) is 45.0. The van der Waals surface area contributed by atoms with E-state index < -0.39 is 0 Å². The Morgan fingerprint density at radius 2 is 0.574 bits per heavy atom. The standard InChI is InChI=1S/C63H41N5/c1-5-17-42(18-6-1)44-29-31-45(32-30-44)46-33-35-47(36-34-46)51-39-50(43-19-7-2-8-20-43)40-52(41-51)67-57-27-15-13-25-53(57)55-37-38-56-54-26-14-16-28-58(54)68(60(56)59(55)67)63-65-61(48-21-9-3-10-22-48)64-62(66-63)49-23-11-4-12-24-49/h1-41H. The minimum absolute atomic E-state index is 0.557. The van der Waals surface area contributed by atoms with Crippen LogP contribution >= 0.6 is 0 Å². The lowest BCUT2D eigenvalue weighted by molar-refractivity contribution is 0.953. The fraction of sp³-hybridized carbons (Fsp3) is 0. The molecule has 0 unspecified atom stereocenters. The molecule has 13 rings (SSSR count). The first kappa shape index (κ1) is 39.2. The normalized spacial score (nSPS) is 11.5. The summed E-state index contributed by atoms with van der Waals surface area (Å²) >= 11 is 0. The lowest BCUT2D eigenvalue weighted by atomic mass is 9.95. The number of benzene rings is 10. The van der Waals surface area contributed by atoms with Gasteiger partial charge in [-0.05, 0) is 74.8 Å². The molecule has 3 heterocycles. The molecule has 318 valence electrons. The average molecular weight is 868 g/mol. The predicted molar refractivity (Wildman–Crippen MR) is 281 cm³/mol. The molecule has 5 heteroatoms. The highest BCUT2D eigenvalue weighted by molar-refractivity contribution is 6.23. The topological polar surface area (TPSA) is 48.5 Å². The molecular weight excluding hydrogens is 827 g/mol. The van der Waals surface area contributed by atoms with E-state index in [1.54, 1.807) is 0 Å². The minimum atomic E-state index is 0.557. The number of fused-ring (bicyclic) bond motifs is 7. The Bertz CT molecular complexity index is 3910. The van der Waals surface area contributed by atoms with Crippen molar-refractivity contribution < 1.29 is 0 Å². The molecule has 0 saturated carbocycles.